The molecule has 1 rings (SSSR count). The highest BCUT2D eigenvalue weighted by molar-refractivity contribution is 14.1. The lowest BCUT2D eigenvalue weighted by Crippen LogP contribution is -2.05. The Balaban J connectivity index is 2.49. The van der Waals surface area contributed by atoms with E-state index in [0.717, 1.165) is 12.3 Å². The molecule has 0 heterocycles. The molecule has 2 atom stereocenters. The minimum absolute atomic E-state index is 0.621. The van der Waals surface area contributed by atoms with Crippen molar-refractivity contribution in [2.45, 2.75) is 36.5 Å². The molecule has 0 amide bonds. The van der Waals surface area contributed by atoms with Crippen molar-refractivity contribution in [1.29, 1.82) is 0 Å². The maximum absolute atomic E-state index is 3.78. The first kappa shape index (κ1) is 12.0. The fraction of sp³-hybridized carbons (Fsp3) is 0.538. The number of rotatable bonds is 4. The Kier molecular flexibility index (Phi) is 5.53. The van der Waals surface area contributed by atoms with Gasteiger partial charge in [0.05, 0.1) is 0 Å². The van der Waals surface area contributed by atoms with Gasteiger partial charge < -0.3 is 0 Å². The zero-order valence-corrected chi connectivity index (χ0v) is 11.0. The highest BCUT2D eigenvalue weighted by Crippen LogP contribution is 2.26. The molecule has 14 heavy (non-hydrogen) atoms. The van der Waals surface area contributed by atoms with E-state index in [1.807, 2.05) is 6.08 Å². The van der Waals surface area contributed by atoms with Crippen LogP contribution in [0.1, 0.15) is 32.6 Å². The van der Waals surface area contributed by atoms with Gasteiger partial charge in [-0.3, -0.25) is 0 Å². The van der Waals surface area contributed by atoms with Crippen LogP contribution in [0.2, 0.25) is 0 Å². The van der Waals surface area contributed by atoms with Crippen LogP contribution in [0, 0.1) is 5.92 Å². The number of halogens is 1. The summed E-state index contributed by atoms with van der Waals surface area (Å²) < 4.78 is 0.621. The number of alkyl halides is 1. The molecule has 0 radical (unpaired) electrons. The highest BCUT2D eigenvalue weighted by atomic mass is 127. The Hall–Kier alpha value is -0.0500. The van der Waals surface area contributed by atoms with Crippen molar-refractivity contribution < 1.29 is 0 Å². The lowest BCUT2D eigenvalue weighted by Gasteiger charge is -2.19. The van der Waals surface area contributed by atoms with Crippen LogP contribution < -0.4 is 0 Å². The number of allylic oxidation sites excluding steroid dienone is 5. The summed E-state index contributed by atoms with van der Waals surface area (Å²) in [6, 6.07) is 0. The van der Waals surface area contributed by atoms with Gasteiger partial charge in [-0.05, 0) is 38.5 Å². The van der Waals surface area contributed by atoms with E-state index >= 15 is 0 Å². The fourth-order valence-corrected chi connectivity index (χ4v) is 2.78. The molecular weight excluding hydrogens is 283 g/mol. The van der Waals surface area contributed by atoms with Crippen LogP contribution in [0.5, 0.6) is 0 Å². The third kappa shape index (κ3) is 3.99. The highest BCUT2D eigenvalue weighted by Gasteiger charge is 2.12. The van der Waals surface area contributed by atoms with Crippen molar-refractivity contribution in [3.8, 4) is 0 Å². The van der Waals surface area contributed by atoms with E-state index in [1.165, 1.54) is 19.3 Å². The predicted octanol–water partition coefficient (Wildman–Crippen LogP) is 4.67. The number of hydrogen-bond donors (Lipinski definition) is 0. The lowest BCUT2D eigenvalue weighted by atomic mass is 9.88. The van der Waals surface area contributed by atoms with Crippen LogP contribution in [0.3, 0.4) is 0 Å². The SMILES string of the molecule is C=CC[C@@H](I)/C=C(\C)C1CC=CCC1. The molecule has 0 aliphatic heterocycles. The van der Waals surface area contributed by atoms with Gasteiger partial charge in [-0.15, -0.1) is 6.58 Å². The first-order valence-electron chi connectivity index (χ1n) is 5.32. The second kappa shape index (κ2) is 6.44. The maximum Gasteiger partial charge on any atom is 0.0326 e. The first-order valence-corrected chi connectivity index (χ1v) is 6.57. The molecular formula is C13H19I. The Bertz CT molecular complexity index is 238. The van der Waals surface area contributed by atoms with E-state index in [0.29, 0.717) is 3.92 Å². The van der Waals surface area contributed by atoms with Gasteiger partial charge in [0.15, 0.2) is 0 Å². The van der Waals surface area contributed by atoms with Gasteiger partial charge in [0.1, 0.15) is 0 Å². The fourth-order valence-electron chi connectivity index (χ4n) is 1.86. The van der Waals surface area contributed by atoms with Crippen molar-refractivity contribution >= 4 is 22.6 Å². The summed E-state index contributed by atoms with van der Waals surface area (Å²) in [5.41, 5.74) is 1.57. The van der Waals surface area contributed by atoms with Gasteiger partial charge in [-0.1, -0.05) is 52.5 Å². The van der Waals surface area contributed by atoms with Crippen molar-refractivity contribution in [1.82, 2.24) is 0 Å². The average Bonchev–Trinajstić information content (AvgIpc) is 2.19. The minimum atomic E-state index is 0.621. The second-order valence-electron chi connectivity index (χ2n) is 3.93. The van der Waals surface area contributed by atoms with Crippen LogP contribution in [-0.2, 0) is 0 Å². The van der Waals surface area contributed by atoms with Gasteiger partial charge in [0, 0.05) is 3.92 Å². The van der Waals surface area contributed by atoms with E-state index in [2.05, 4.69) is 54.3 Å². The van der Waals surface area contributed by atoms with E-state index < -0.39 is 0 Å². The van der Waals surface area contributed by atoms with Crippen LogP contribution in [-0.4, -0.2) is 3.92 Å². The minimum Gasteiger partial charge on any atom is -0.103 e. The molecule has 1 heteroatoms. The molecule has 1 aliphatic rings. The summed E-state index contributed by atoms with van der Waals surface area (Å²) in [5, 5.41) is 0. The van der Waals surface area contributed by atoms with Crippen molar-refractivity contribution in [2.75, 3.05) is 0 Å². The van der Waals surface area contributed by atoms with Crippen LogP contribution in [0.25, 0.3) is 0 Å². The number of hydrogen-bond acceptors (Lipinski definition) is 0. The average molecular weight is 302 g/mol. The molecule has 0 saturated carbocycles. The standard InChI is InChI=1S/C13H19I/c1-3-7-13(14)10-11(2)12-8-5-4-6-9-12/h3-5,10,12-13H,1,6-9H2,2H3/b11-10+/t12?,13-/m1/s1. The summed E-state index contributed by atoms with van der Waals surface area (Å²) in [7, 11) is 0. The van der Waals surface area contributed by atoms with Crippen molar-refractivity contribution in [3.05, 3.63) is 36.5 Å². The van der Waals surface area contributed by atoms with E-state index in [-0.39, 0.29) is 0 Å². The summed E-state index contributed by atoms with van der Waals surface area (Å²) in [6.07, 6.45) is 13.9. The smallest absolute Gasteiger partial charge is 0.0326 e. The summed E-state index contributed by atoms with van der Waals surface area (Å²) in [5.74, 6) is 0.794. The Morgan fingerprint density at radius 3 is 3.00 bits per heavy atom. The van der Waals surface area contributed by atoms with Gasteiger partial charge in [-0.25, -0.2) is 0 Å². The van der Waals surface area contributed by atoms with Crippen LogP contribution in [0.4, 0.5) is 0 Å². The van der Waals surface area contributed by atoms with Gasteiger partial charge in [-0.2, -0.15) is 0 Å². The van der Waals surface area contributed by atoms with Crippen molar-refractivity contribution in [2.24, 2.45) is 5.92 Å². The molecule has 0 aromatic rings. The molecule has 0 spiro atoms. The second-order valence-corrected chi connectivity index (χ2v) is 5.53. The molecule has 0 fully saturated rings. The van der Waals surface area contributed by atoms with E-state index in [9.17, 15) is 0 Å². The Labute approximate surface area is 101 Å². The third-order valence-electron chi connectivity index (χ3n) is 2.75. The monoisotopic (exact) mass is 302 g/mol. The molecule has 0 nitrogen and oxygen atoms in total. The molecule has 0 N–H and O–H groups in total. The predicted molar refractivity (Wildman–Crippen MR) is 72.9 cm³/mol. The summed E-state index contributed by atoms with van der Waals surface area (Å²) in [6.45, 7) is 6.05. The van der Waals surface area contributed by atoms with Crippen molar-refractivity contribution in [3.63, 3.8) is 0 Å². The molecule has 0 saturated heterocycles. The summed E-state index contributed by atoms with van der Waals surface area (Å²) >= 11 is 2.49. The normalized spacial score (nSPS) is 24.7. The topological polar surface area (TPSA) is 0 Å². The molecule has 78 valence electrons. The van der Waals surface area contributed by atoms with Gasteiger partial charge in [0.2, 0.25) is 0 Å². The zero-order valence-electron chi connectivity index (χ0n) is 8.88. The third-order valence-corrected chi connectivity index (χ3v) is 3.62. The van der Waals surface area contributed by atoms with E-state index in [1.54, 1.807) is 5.57 Å². The first-order chi connectivity index (χ1) is 6.74. The van der Waals surface area contributed by atoms with Crippen LogP contribution in [0.15, 0.2) is 36.5 Å². The Morgan fingerprint density at radius 2 is 2.43 bits per heavy atom. The molecule has 0 aromatic carbocycles. The van der Waals surface area contributed by atoms with E-state index in [4.69, 9.17) is 0 Å². The van der Waals surface area contributed by atoms with Crippen LogP contribution >= 0.6 is 22.6 Å². The van der Waals surface area contributed by atoms with Gasteiger partial charge >= 0.3 is 0 Å². The maximum atomic E-state index is 3.78. The zero-order chi connectivity index (χ0) is 10.4. The molecule has 1 aliphatic carbocycles. The molecule has 0 aromatic heterocycles. The molecule has 1 unspecified atom stereocenters. The summed E-state index contributed by atoms with van der Waals surface area (Å²) in [4.78, 5) is 0. The molecule has 0 bridgehead atoms. The Morgan fingerprint density at radius 1 is 1.64 bits per heavy atom. The largest absolute Gasteiger partial charge is 0.103 e. The van der Waals surface area contributed by atoms with Gasteiger partial charge in [0.25, 0.3) is 0 Å². The quantitative estimate of drug-likeness (QED) is 0.402. The lowest BCUT2D eigenvalue weighted by molar-refractivity contribution is 0.551.